The van der Waals surface area contributed by atoms with Gasteiger partial charge >= 0.3 is 11.9 Å². The lowest BCUT2D eigenvalue weighted by Gasteiger charge is -2.35. The highest BCUT2D eigenvalue weighted by Gasteiger charge is 2.53. The molecule has 2 heterocycles. The smallest absolute Gasteiger partial charge is 0.326 e. The van der Waals surface area contributed by atoms with Crippen LogP contribution in [0.1, 0.15) is 38.5 Å². The van der Waals surface area contributed by atoms with Crippen LogP contribution in [-0.4, -0.2) is 66.9 Å². The number of hydrogen-bond donors (Lipinski definition) is 4. The van der Waals surface area contributed by atoms with E-state index in [0.29, 0.717) is 12.8 Å². The number of carboxylic acid groups (broad SMARTS) is 2. The third-order valence-electron chi connectivity index (χ3n) is 4.66. The molecule has 20 heavy (non-hydrogen) atoms. The highest BCUT2D eigenvalue weighted by Crippen LogP contribution is 2.39. The summed E-state index contributed by atoms with van der Waals surface area (Å²) < 4.78 is 0. The maximum Gasteiger partial charge on any atom is 0.326 e. The first-order chi connectivity index (χ1) is 9.35. The first-order valence-corrected chi connectivity index (χ1v) is 6.75. The van der Waals surface area contributed by atoms with Crippen molar-refractivity contribution in [3.05, 3.63) is 0 Å². The number of aliphatic carboxylic acids is 2. The lowest BCUT2D eigenvalue weighted by Crippen LogP contribution is -2.54. The molecule has 114 valence electrons. The van der Waals surface area contributed by atoms with Crippen molar-refractivity contribution in [1.82, 2.24) is 10.1 Å². The van der Waals surface area contributed by atoms with Crippen LogP contribution in [0.4, 0.5) is 0 Å². The van der Waals surface area contributed by atoms with E-state index in [4.69, 9.17) is 0 Å². The number of carbonyl (C=O) groups is 2. The second-order valence-corrected chi connectivity index (χ2v) is 5.63. The molecule has 0 bridgehead atoms. The van der Waals surface area contributed by atoms with Crippen LogP contribution < -0.4 is 0 Å². The Morgan fingerprint density at radius 1 is 0.850 bits per heavy atom. The second-order valence-electron chi connectivity index (χ2n) is 5.63. The third kappa shape index (κ3) is 2.18. The Morgan fingerprint density at radius 3 is 1.40 bits per heavy atom. The predicted octanol–water partition coefficient (Wildman–Crippen LogP) is 0.383. The molecule has 2 saturated heterocycles. The maximum absolute atomic E-state index is 11.5. The molecule has 2 unspecified atom stereocenters. The van der Waals surface area contributed by atoms with Crippen molar-refractivity contribution < 1.29 is 30.2 Å². The van der Waals surface area contributed by atoms with E-state index in [1.54, 1.807) is 0 Å². The molecule has 2 atom stereocenters. The van der Waals surface area contributed by atoms with E-state index >= 15 is 0 Å². The third-order valence-corrected chi connectivity index (χ3v) is 4.66. The zero-order valence-corrected chi connectivity index (χ0v) is 11.2. The van der Waals surface area contributed by atoms with Crippen LogP contribution in [0.25, 0.3) is 0 Å². The van der Waals surface area contributed by atoms with Crippen molar-refractivity contribution in [3.63, 3.8) is 0 Å². The van der Waals surface area contributed by atoms with E-state index in [-0.39, 0.29) is 38.8 Å². The normalized spacial score (nSPS) is 35.5. The van der Waals surface area contributed by atoms with Crippen LogP contribution in [0.5, 0.6) is 0 Å². The fraction of sp³-hybridized carbons (Fsp3) is 0.833. The number of carboxylic acids is 2. The highest BCUT2D eigenvalue weighted by atomic mass is 16.5. The van der Waals surface area contributed by atoms with Crippen molar-refractivity contribution >= 4 is 11.9 Å². The van der Waals surface area contributed by atoms with Gasteiger partial charge in [0.2, 0.25) is 0 Å². The van der Waals surface area contributed by atoms with Crippen LogP contribution >= 0.6 is 0 Å². The largest absolute Gasteiger partial charge is 0.480 e. The van der Waals surface area contributed by atoms with Gasteiger partial charge in [-0.25, -0.2) is 0 Å². The van der Waals surface area contributed by atoms with Gasteiger partial charge in [0.25, 0.3) is 0 Å². The molecule has 0 aromatic heterocycles. The van der Waals surface area contributed by atoms with Crippen LogP contribution in [-0.2, 0) is 9.59 Å². The van der Waals surface area contributed by atoms with Crippen molar-refractivity contribution in [1.29, 1.82) is 0 Å². The lowest BCUT2D eigenvalue weighted by atomic mass is 9.83. The molecule has 0 spiro atoms. The fourth-order valence-corrected chi connectivity index (χ4v) is 3.30. The molecule has 2 rings (SSSR count). The van der Waals surface area contributed by atoms with Crippen LogP contribution in [0.3, 0.4) is 0 Å². The summed E-state index contributed by atoms with van der Waals surface area (Å²) in [5, 5.41) is 39.9. The van der Waals surface area contributed by atoms with Gasteiger partial charge in [-0.05, 0) is 38.5 Å². The minimum Gasteiger partial charge on any atom is -0.480 e. The molecule has 2 fully saturated rings. The summed E-state index contributed by atoms with van der Waals surface area (Å²) in [5.74, 6) is -2.30. The Hall–Kier alpha value is -1.22. The average molecular weight is 288 g/mol. The molecule has 2 aliphatic heterocycles. The van der Waals surface area contributed by atoms with Gasteiger partial charge in [0.1, 0.15) is 11.1 Å². The van der Waals surface area contributed by atoms with E-state index in [1.807, 2.05) is 0 Å². The minimum atomic E-state index is -1.44. The molecule has 0 radical (unpaired) electrons. The zero-order chi connectivity index (χ0) is 15.0. The number of nitrogens with zero attached hydrogens (tertiary/aromatic N) is 2. The summed E-state index contributed by atoms with van der Waals surface area (Å²) in [4.78, 5) is 22.9. The molecule has 0 amide bonds. The predicted molar refractivity (Wildman–Crippen MR) is 65.4 cm³/mol. The first-order valence-electron chi connectivity index (χ1n) is 6.75. The van der Waals surface area contributed by atoms with Gasteiger partial charge in [0.15, 0.2) is 0 Å². The lowest BCUT2D eigenvalue weighted by molar-refractivity contribution is -0.199. The molecule has 0 aromatic carbocycles. The molecular weight excluding hydrogens is 268 g/mol. The summed E-state index contributed by atoms with van der Waals surface area (Å²) in [5.41, 5.74) is -2.88. The molecule has 0 aromatic rings. The van der Waals surface area contributed by atoms with E-state index in [9.17, 15) is 30.2 Å². The van der Waals surface area contributed by atoms with Crippen LogP contribution in [0.2, 0.25) is 0 Å². The zero-order valence-electron chi connectivity index (χ0n) is 11.2. The highest BCUT2D eigenvalue weighted by molar-refractivity contribution is 5.81. The van der Waals surface area contributed by atoms with Crippen molar-refractivity contribution in [2.24, 2.45) is 0 Å². The van der Waals surface area contributed by atoms with E-state index in [0.717, 1.165) is 10.1 Å². The monoisotopic (exact) mass is 288 g/mol. The van der Waals surface area contributed by atoms with Gasteiger partial charge < -0.3 is 20.6 Å². The van der Waals surface area contributed by atoms with Gasteiger partial charge in [0, 0.05) is 13.1 Å². The number of hydroxylamine groups is 4. The topological polar surface area (TPSA) is 122 Å². The summed E-state index contributed by atoms with van der Waals surface area (Å²) in [6, 6.07) is 0. The molecule has 4 N–H and O–H groups in total. The van der Waals surface area contributed by atoms with Crippen LogP contribution in [0, 0.1) is 0 Å². The van der Waals surface area contributed by atoms with Gasteiger partial charge in [-0.3, -0.25) is 9.59 Å². The quantitative estimate of drug-likeness (QED) is 0.573. The Bertz CT molecular complexity index is 379. The SMILES string of the molecule is O=C(O)C1(CCC2(C(=O)O)CCCN2O)CCCN1O. The van der Waals surface area contributed by atoms with Gasteiger partial charge in [-0.2, -0.15) is 10.1 Å². The second kappa shape index (κ2) is 5.28. The van der Waals surface area contributed by atoms with Crippen molar-refractivity contribution in [2.75, 3.05) is 13.1 Å². The summed E-state index contributed by atoms with van der Waals surface area (Å²) in [6.07, 6.45) is 1.63. The summed E-state index contributed by atoms with van der Waals surface area (Å²) in [6.45, 7) is 0.518. The standard InChI is InChI=1S/C12H20N2O6/c15-9(16)11(3-1-7-13(11)19)5-6-12(10(17)18)4-2-8-14(12)20/h19-20H,1-8H2,(H,15,16)(H,17,18). The van der Waals surface area contributed by atoms with E-state index in [2.05, 4.69) is 0 Å². The van der Waals surface area contributed by atoms with E-state index < -0.39 is 23.0 Å². The Labute approximate surface area is 116 Å². The summed E-state index contributed by atoms with van der Waals surface area (Å²) in [7, 11) is 0. The molecule has 2 aliphatic rings. The van der Waals surface area contributed by atoms with Gasteiger partial charge in [-0.1, -0.05) is 0 Å². The number of rotatable bonds is 5. The Morgan fingerprint density at radius 2 is 1.20 bits per heavy atom. The first kappa shape index (κ1) is 15.2. The molecule has 8 nitrogen and oxygen atoms in total. The maximum atomic E-state index is 11.5. The Kier molecular flexibility index (Phi) is 4.01. The molecule has 0 saturated carbocycles. The Balaban J connectivity index is 2.16. The van der Waals surface area contributed by atoms with Crippen molar-refractivity contribution in [2.45, 2.75) is 49.6 Å². The minimum absolute atomic E-state index is 0.0117. The van der Waals surface area contributed by atoms with Gasteiger partial charge in [0.05, 0.1) is 0 Å². The average Bonchev–Trinajstić information content (AvgIpc) is 2.92. The van der Waals surface area contributed by atoms with Gasteiger partial charge in [-0.15, -0.1) is 0 Å². The molecule has 0 aliphatic carbocycles. The summed E-state index contributed by atoms with van der Waals surface area (Å²) >= 11 is 0. The van der Waals surface area contributed by atoms with E-state index in [1.165, 1.54) is 0 Å². The number of hydrogen-bond acceptors (Lipinski definition) is 6. The van der Waals surface area contributed by atoms with Crippen molar-refractivity contribution in [3.8, 4) is 0 Å². The fourth-order valence-electron chi connectivity index (χ4n) is 3.30. The molecule has 8 heteroatoms. The molecular formula is C12H20N2O6. The van der Waals surface area contributed by atoms with Crippen LogP contribution in [0.15, 0.2) is 0 Å².